The van der Waals surface area contributed by atoms with Gasteiger partial charge in [-0.15, -0.1) is 5.10 Å². The van der Waals surface area contributed by atoms with Gasteiger partial charge in [0.2, 0.25) is 5.91 Å². The van der Waals surface area contributed by atoms with Crippen LogP contribution in [0.3, 0.4) is 0 Å². The van der Waals surface area contributed by atoms with Gasteiger partial charge in [0.25, 0.3) is 5.91 Å². The highest BCUT2D eigenvalue weighted by Gasteiger charge is 2.26. The van der Waals surface area contributed by atoms with Gasteiger partial charge in [0, 0.05) is 55.8 Å². The first-order chi connectivity index (χ1) is 20.3. The van der Waals surface area contributed by atoms with Gasteiger partial charge in [0.15, 0.2) is 5.82 Å². The summed E-state index contributed by atoms with van der Waals surface area (Å²) in [6, 6.07) is 10.9. The van der Waals surface area contributed by atoms with E-state index in [4.69, 9.17) is 4.74 Å². The second-order valence-electron chi connectivity index (χ2n) is 10.6. The standard InChI is InChI=1S/C31H35FN6O4/c1-20(39)10-14-36(2)31(41)26-18-25-24(22-8-4-5-9-27(22)42-3)17-23(29(32)30(25)34-26)21-7-6-13-37(19-21)28(40)11-15-38-16-12-33-35-38/h4-5,7-9,12,16-18,20,34,39H,6,10-11,13-15,19H2,1-3H3. The fraction of sp³-hybridized carbons (Fsp3) is 0.355. The molecule has 10 nitrogen and oxygen atoms in total. The van der Waals surface area contributed by atoms with E-state index in [1.807, 2.05) is 30.3 Å². The number of aliphatic hydroxyl groups is 1. The highest BCUT2D eigenvalue weighted by atomic mass is 19.1. The zero-order valence-electron chi connectivity index (χ0n) is 24.0. The number of hydrogen-bond acceptors (Lipinski definition) is 6. The predicted molar refractivity (Wildman–Crippen MR) is 157 cm³/mol. The number of amides is 2. The number of H-pyrrole nitrogens is 1. The maximum atomic E-state index is 16.3. The van der Waals surface area contributed by atoms with Crippen molar-refractivity contribution in [2.75, 3.05) is 33.8 Å². The first-order valence-corrected chi connectivity index (χ1v) is 14.0. The van der Waals surface area contributed by atoms with E-state index >= 15 is 4.39 Å². The number of aromatic amines is 1. The molecule has 0 saturated heterocycles. The minimum atomic E-state index is -0.544. The summed E-state index contributed by atoms with van der Waals surface area (Å²) in [5, 5.41) is 17.9. The van der Waals surface area contributed by atoms with Crippen molar-refractivity contribution in [3.8, 4) is 16.9 Å². The molecule has 1 aliphatic rings. The van der Waals surface area contributed by atoms with Crippen molar-refractivity contribution in [2.24, 2.45) is 0 Å². The lowest BCUT2D eigenvalue weighted by atomic mass is 9.93. The first kappa shape index (κ1) is 29.0. The average molecular weight is 575 g/mol. The highest BCUT2D eigenvalue weighted by molar-refractivity contribution is 6.05. The Morgan fingerprint density at radius 3 is 2.76 bits per heavy atom. The third kappa shape index (κ3) is 6.06. The average Bonchev–Trinajstić information content (AvgIpc) is 3.69. The Hall–Kier alpha value is -4.51. The summed E-state index contributed by atoms with van der Waals surface area (Å²) in [4.78, 5) is 32.6. The molecule has 0 spiro atoms. The van der Waals surface area contributed by atoms with Gasteiger partial charge < -0.3 is 24.6 Å². The molecule has 1 unspecified atom stereocenters. The number of halogens is 1. The third-order valence-electron chi connectivity index (χ3n) is 7.59. The summed E-state index contributed by atoms with van der Waals surface area (Å²) in [5.41, 5.74) is 2.96. The minimum Gasteiger partial charge on any atom is -0.496 e. The van der Waals surface area contributed by atoms with Gasteiger partial charge in [-0.25, -0.2) is 4.39 Å². The number of rotatable bonds is 10. The van der Waals surface area contributed by atoms with E-state index < -0.39 is 11.9 Å². The van der Waals surface area contributed by atoms with E-state index in [1.54, 1.807) is 55.2 Å². The molecule has 1 atom stereocenters. The van der Waals surface area contributed by atoms with Crippen LogP contribution in [0, 0.1) is 5.82 Å². The number of methoxy groups -OCH3 is 1. The van der Waals surface area contributed by atoms with Crippen LogP contribution < -0.4 is 4.74 Å². The van der Waals surface area contributed by atoms with Gasteiger partial charge >= 0.3 is 0 Å². The Labute approximate surface area is 243 Å². The highest BCUT2D eigenvalue weighted by Crippen LogP contribution is 2.40. The van der Waals surface area contributed by atoms with E-state index in [0.717, 1.165) is 5.56 Å². The Bertz CT molecular complexity index is 1610. The van der Waals surface area contributed by atoms with Crippen molar-refractivity contribution in [3.05, 3.63) is 71.9 Å². The fourth-order valence-corrected chi connectivity index (χ4v) is 5.26. The van der Waals surface area contributed by atoms with Crippen LogP contribution in [0.5, 0.6) is 5.75 Å². The topological polar surface area (TPSA) is 117 Å². The Balaban J connectivity index is 1.52. The lowest BCUT2D eigenvalue weighted by Gasteiger charge is -2.28. The summed E-state index contributed by atoms with van der Waals surface area (Å²) in [7, 11) is 3.23. The lowest BCUT2D eigenvalue weighted by molar-refractivity contribution is -0.131. The molecule has 11 heteroatoms. The van der Waals surface area contributed by atoms with Gasteiger partial charge in [-0.2, -0.15) is 0 Å². The first-order valence-electron chi connectivity index (χ1n) is 14.0. The quantitative estimate of drug-likeness (QED) is 0.294. The Morgan fingerprint density at radius 2 is 2.02 bits per heavy atom. The van der Waals surface area contributed by atoms with Crippen LogP contribution in [0.4, 0.5) is 4.39 Å². The van der Waals surface area contributed by atoms with Crippen molar-refractivity contribution in [1.29, 1.82) is 0 Å². The van der Waals surface area contributed by atoms with Crippen LogP contribution in [0.15, 0.2) is 54.9 Å². The molecule has 0 aliphatic carbocycles. The number of carbonyl (C=O) groups excluding carboxylic acids is 2. The van der Waals surface area contributed by atoms with Crippen LogP contribution in [0.25, 0.3) is 27.6 Å². The zero-order valence-corrected chi connectivity index (χ0v) is 24.0. The summed E-state index contributed by atoms with van der Waals surface area (Å²) in [6.45, 7) is 3.24. The predicted octanol–water partition coefficient (Wildman–Crippen LogP) is 4.12. The van der Waals surface area contributed by atoms with Gasteiger partial charge in [0.05, 0.1) is 31.5 Å². The molecule has 0 saturated carbocycles. The maximum Gasteiger partial charge on any atom is 0.270 e. The van der Waals surface area contributed by atoms with E-state index in [1.165, 1.54) is 4.90 Å². The van der Waals surface area contributed by atoms with Crippen molar-refractivity contribution in [1.82, 2.24) is 29.8 Å². The van der Waals surface area contributed by atoms with Crippen LogP contribution in [0.1, 0.15) is 42.2 Å². The van der Waals surface area contributed by atoms with E-state index in [9.17, 15) is 14.7 Å². The van der Waals surface area contributed by atoms with Crippen molar-refractivity contribution in [3.63, 3.8) is 0 Å². The van der Waals surface area contributed by atoms with Crippen LogP contribution in [-0.4, -0.2) is 86.6 Å². The smallest absolute Gasteiger partial charge is 0.270 e. The van der Waals surface area contributed by atoms with Crippen molar-refractivity contribution >= 4 is 28.3 Å². The molecule has 2 N–H and O–H groups in total. The van der Waals surface area contributed by atoms with Gasteiger partial charge in [0.1, 0.15) is 11.4 Å². The number of carbonyl (C=O) groups is 2. The Morgan fingerprint density at radius 1 is 1.21 bits per heavy atom. The normalized spacial score (nSPS) is 14.1. The van der Waals surface area contributed by atoms with E-state index in [0.29, 0.717) is 60.3 Å². The molecule has 0 radical (unpaired) electrons. The molecule has 0 fully saturated rings. The molecule has 0 bridgehead atoms. The number of aliphatic hydroxyl groups excluding tert-OH is 1. The summed E-state index contributed by atoms with van der Waals surface area (Å²) in [5.74, 6) is -0.227. The molecule has 220 valence electrons. The summed E-state index contributed by atoms with van der Waals surface area (Å²) >= 11 is 0. The molecule has 2 aromatic carbocycles. The van der Waals surface area contributed by atoms with Crippen molar-refractivity contribution < 1.29 is 23.8 Å². The fourth-order valence-electron chi connectivity index (χ4n) is 5.26. The second kappa shape index (κ2) is 12.6. The number of ether oxygens (including phenoxy) is 1. The summed E-state index contributed by atoms with van der Waals surface area (Å²) < 4.78 is 23.6. The Kier molecular flexibility index (Phi) is 8.67. The molecule has 2 aromatic heterocycles. The lowest BCUT2D eigenvalue weighted by Crippen LogP contribution is -2.36. The van der Waals surface area contributed by atoms with Crippen LogP contribution in [0.2, 0.25) is 0 Å². The molecule has 4 aromatic rings. The van der Waals surface area contributed by atoms with Crippen LogP contribution >= 0.6 is 0 Å². The molecular weight excluding hydrogens is 539 g/mol. The van der Waals surface area contributed by atoms with E-state index in [-0.39, 0.29) is 36.0 Å². The minimum absolute atomic E-state index is 0.0458. The largest absolute Gasteiger partial charge is 0.496 e. The number of benzene rings is 2. The number of fused-ring (bicyclic) bond motifs is 1. The SMILES string of the molecule is COc1ccccc1-c1cc(C2=CCCN(C(=O)CCn3ccnn3)C2)c(F)c2[nH]c(C(=O)N(C)CCC(C)O)cc12. The zero-order chi connectivity index (χ0) is 29.8. The van der Waals surface area contributed by atoms with E-state index in [2.05, 4.69) is 15.3 Å². The maximum absolute atomic E-state index is 16.3. The van der Waals surface area contributed by atoms with Gasteiger partial charge in [-0.3, -0.25) is 14.3 Å². The third-order valence-corrected chi connectivity index (χ3v) is 7.59. The van der Waals surface area contributed by atoms with Gasteiger partial charge in [-0.1, -0.05) is 29.5 Å². The molecule has 42 heavy (non-hydrogen) atoms. The number of nitrogens with zero attached hydrogens (tertiary/aromatic N) is 5. The molecule has 5 rings (SSSR count). The van der Waals surface area contributed by atoms with Crippen molar-refractivity contribution in [2.45, 2.75) is 38.8 Å². The second-order valence-corrected chi connectivity index (χ2v) is 10.6. The monoisotopic (exact) mass is 574 g/mol. The molecule has 2 amide bonds. The number of hydrogen-bond donors (Lipinski definition) is 2. The molecular formula is C31H35FN6O4. The molecule has 3 heterocycles. The number of aryl methyl sites for hydroxylation is 1. The molecule has 1 aliphatic heterocycles. The van der Waals surface area contributed by atoms with Gasteiger partial charge in [-0.05, 0) is 49.1 Å². The number of para-hydroxylation sites is 1. The number of nitrogens with one attached hydrogen (secondary N) is 1. The summed E-state index contributed by atoms with van der Waals surface area (Å²) in [6.07, 6.45) is 5.98. The van der Waals surface area contributed by atoms with Crippen LogP contribution in [-0.2, 0) is 11.3 Å². The number of aromatic nitrogens is 4.